The molecule has 0 aliphatic carbocycles. The summed E-state index contributed by atoms with van der Waals surface area (Å²) in [7, 11) is 0. The molecule has 0 bridgehead atoms. The molecule has 4 nitrogen and oxygen atoms in total. The summed E-state index contributed by atoms with van der Waals surface area (Å²) in [5.74, 6) is 1.19. The molecule has 0 fully saturated rings. The minimum atomic E-state index is 0.0271. The Balaban J connectivity index is 1.66. The van der Waals surface area contributed by atoms with Crippen molar-refractivity contribution < 1.29 is 13.9 Å². The van der Waals surface area contributed by atoms with Crippen LogP contribution < -0.4 is 4.74 Å². The smallest absolute Gasteiger partial charge is 0.226 e. The van der Waals surface area contributed by atoms with Crippen molar-refractivity contribution >= 4 is 17.4 Å². The van der Waals surface area contributed by atoms with Crippen LogP contribution in [0.25, 0.3) is 11.5 Å². The van der Waals surface area contributed by atoms with E-state index in [1.54, 1.807) is 42.7 Å². The molecule has 0 unspecified atom stereocenters. The van der Waals surface area contributed by atoms with E-state index < -0.39 is 0 Å². The number of hydrogen-bond donors (Lipinski definition) is 0. The second kappa shape index (κ2) is 6.67. The molecule has 3 aromatic rings. The molecule has 0 atom stereocenters. The van der Waals surface area contributed by atoms with Crippen LogP contribution in [0.15, 0.2) is 59.2 Å². The van der Waals surface area contributed by atoms with E-state index in [0.29, 0.717) is 27.9 Å². The van der Waals surface area contributed by atoms with Gasteiger partial charge in [0, 0.05) is 16.1 Å². The topological polar surface area (TPSA) is 52.3 Å². The summed E-state index contributed by atoms with van der Waals surface area (Å²) in [6.07, 6.45) is 1.56. The van der Waals surface area contributed by atoms with Gasteiger partial charge in [0.15, 0.2) is 5.78 Å². The fraction of sp³-hybridized carbons (Fsp3) is 0.111. The Morgan fingerprint density at radius 2 is 2.00 bits per heavy atom. The largest absolute Gasteiger partial charge is 0.487 e. The average molecular weight is 328 g/mol. The number of carbonyl (C=O) groups is 1. The van der Waals surface area contributed by atoms with Gasteiger partial charge in [0.2, 0.25) is 5.89 Å². The van der Waals surface area contributed by atoms with E-state index in [0.717, 1.165) is 5.56 Å². The monoisotopic (exact) mass is 327 g/mol. The van der Waals surface area contributed by atoms with Gasteiger partial charge < -0.3 is 9.15 Å². The van der Waals surface area contributed by atoms with E-state index in [4.69, 9.17) is 20.8 Å². The number of aromatic nitrogens is 1. The summed E-state index contributed by atoms with van der Waals surface area (Å²) in [6.45, 7) is 1.81. The van der Waals surface area contributed by atoms with Crippen LogP contribution in [-0.2, 0) is 6.61 Å². The number of rotatable bonds is 5. The highest BCUT2D eigenvalue weighted by Crippen LogP contribution is 2.22. The Morgan fingerprint density at radius 3 is 2.70 bits per heavy atom. The van der Waals surface area contributed by atoms with E-state index in [9.17, 15) is 4.79 Å². The van der Waals surface area contributed by atoms with Crippen LogP contribution in [0.5, 0.6) is 5.75 Å². The number of hydrogen-bond acceptors (Lipinski definition) is 4. The van der Waals surface area contributed by atoms with Crippen LogP contribution >= 0.6 is 11.6 Å². The SMILES string of the molecule is CC(=O)c1ccc(OCc2coc(-c3cccc(Cl)c3)n2)cc1. The van der Waals surface area contributed by atoms with Gasteiger partial charge in [0.1, 0.15) is 24.3 Å². The van der Waals surface area contributed by atoms with Crippen LogP contribution in [0.1, 0.15) is 23.0 Å². The standard InChI is InChI=1S/C18H14ClNO3/c1-12(21)13-5-7-17(8-6-13)22-10-16-11-23-18(20-16)14-3-2-4-15(19)9-14/h2-9,11H,10H2,1H3. The van der Waals surface area contributed by atoms with Crippen LogP contribution in [0.3, 0.4) is 0 Å². The Kier molecular flexibility index (Phi) is 4.44. The molecule has 0 radical (unpaired) electrons. The number of ketones is 1. The molecule has 0 saturated heterocycles. The van der Waals surface area contributed by atoms with E-state index in [1.165, 1.54) is 6.92 Å². The highest BCUT2D eigenvalue weighted by molar-refractivity contribution is 6.30. The first-order valence-corrected chi connectivity index (χ1v) is 7.44. The summed E-state index contributed by atoms with van der Waals surface area (Å²) < 4.78 is 11.1. The quantitative estimate of drug-likeness (QED) is 0.633. The zero-order valence-electron chi connectivity index (χ0n) is 12.5. The van der Waals surface area contributed by atoms with Crippen molar-refractivity contribution in [3.8, 4) is 17.2 Å². The molecule has 0 amide bonds. The van der Waals surface area contributed by atoms with Gasteiger partial charge in [-0.15, -0.1) is 0 Å². The van der Waals surface area contributed by atoms with E-state index in [2.05, 4.69) is 4.98 Å². The van der Waals surface area contributed by atoms with Gasteiger partial charge in [-0.05, 0) is 49.4 Å². The fourth-order valence-electron chi connectivity index (χ4n) is 2.07. The maximum atomic E-state index is 11.2. The van der Waals surface area contributed by atoms with E-state index in [1.807, 2.05) is 12.1 Å². The molecule has 23 heavy (non-hydrogen) atoms. The van der Waals surface area contributed by atoms with Gasteiger partial charge in [0.25, 0.3) is 0 Å². The summed E-state index contributed by atoms with van der Waals surface area (Å²) in [6, 6.07) is 14.3. The van der Waals surface area contributed by atoms with Gasteiger partial charge in [-0.3, -0.25) is 4.79 Å². The molecule has 116 valence electrons. The van der Waals surface area contributed by atoms with Crippen molar-refractivity contribution in [1.29, 1.82) is 0 Å². The number of Topliss-reactive ketones (excluding diaryl/α,β-unsaturated/α-hetero) is 1. The predicted molar refractivity (Wildman–Crippen MR) is 87.7 cm³/mol. The maximum absolute atomic E-state index is 11.2. The van der Waals surface area contributed by atoms with Gasteiger partial charge in [-0.25, -0.2) is 4.98 Å². The molecule has 0 aliphatic rings. The van der Waals surface area contributed by atoms with Crippen molar-refractivity contribution in [1.82, 2.24) is 4.98 Å². The number of ether oxygens (including phenoxy) is 1. The van der Waals surface area contributed by atoms with Gasteiger partial charge >= 0.3 is 0 Å². The Hall–Kier alpha value is -2.59. The van der Waals surface area contributed by atoms with Gasteiger partial charge in [-0.2, -0.15) is 0 Å². The van der Waals surface area contributed by atoms with Crippen LogP contribution in [0.2, 0.25) is 5.02 Å². The number of halogens is 1. The van der Waals surface area contributed by atoms with E-state index in [-0.39, 0.29) is 12.4 Å². The third kappa shape index (κ3) is 3.79. The summed E-state index contributed by atoms with van der Waals surface area (Å²) in [5, 5.41) is 0.629. The summed E-state index contributed by atoms with van der Waals surface area (Å²) in [5.41, 5.74) is 2.15. The molecule has 0 saturated carbocycles. The lowest BCUT2D eigenvalue weighted by molar-refractivity contribution is 0.101. The van der Waals surface area contributed by atoms with Crippen molar-refractivity contribution in [2.45, 2.75) is 13.5 Å². The Bertz CT molecular complexity index is 824. The number of benzene rings is 2. The zero-order chi connectivity index (χ0) is 16.2. The van der Waals surface area contributed by atoms with Crippen molar-refractivity contribution in [2.24, 2.45) is 0 Å². The molecule has 0 spiro atoms. The minimum Gasteiger partial charge on any atom is -0.487 e. The second-order valence-electron chi connectivity index (χ2n) is 5.02. The Morgan fingerprint density at radius 1 is 1.22 bits per heavy atom. The van der Waals surface area contributed by atoms with Crippen LogP contribution in [0.4, 0.5) is 0 Å². The fourth-order valence-corrected chi connectivity index (χ4v) is 2.26. The minimum absolute atomic E-state index is 0.0271. The second-order valence-corrected chi connectivity index (χ2v) is 5.46. The number of nitrogens with zero attached hydrogens (tertiary/aromatic N) is 1. The molecular formula is C18H14ClNO3. The summed E-state index contributed by atoms with van der Waals surface area (Å²) >= 11 is 5.96. The lowest BCUT2D eigenvalue weighted by Gasteiger charge is -2.04. The first-order chi connectivity index (χ1) is 11.1. The Labute approximate surface area is 138 Å². The number of oxazole rings is 1. The molecule has 0 aliphatic heterocycles. The first kappa shape index (κ1) is 15.3. The van der Waals surface area contributed by atoms with E-state index >= 15 is 0 Å². The van der Waals surface area contributed by atoms with Gasteiger partial charge in [0.05, 0.1) is 0 Å². The lowest BCUT2D eigenvalue weighted by atomic mass is 10.1. The molecule has 5 heteroatoms. The molecule has 1 heterocycles. The number of carbonyl (C=O) groups excluding carboxylic acids is 1. The normalized spacial score (nSPS) is 10.5. The maximum Gasteiger partial charge on any atom is 0.226 e. The first-order valence-electron chi connectivity index (χ1n) is 7.06. The third-order valence-corrected chi connectivity index (χ3v) is 3.51. The van der Waals surface area contributed by atoms with Crippen molar-refractivity contribution in [3.63, 3.8) is 0 Å². The van der Waals surface area contributed by atoms with Crippen molar-refractivity contribution in [2.75, 3.05) is 0 Å². The average Bonchev–Trinajstić information content (AvgIpc) is 3.02. The predicted octanol–water partition coefficient (Wildman–Crippen LogP) is 4.78. The highest BCUT2D eigenvalue weighted by atomic mass is 35.5. The zero-order valence-corrected chi connectivity index (χ0v) is 13.2. The highest BCUT2D eigenvalue weighted by Gasteiger charge is 2.08. The molecular weight excluding hydrogens is 314 g/mol. The van der Waals surface area contributed by atoms with Crippen LogP contribution in [-0.4, -0.2) is 10.8 Å². The molecule has 0 N–H and O–H groups in total. The van der Waals surface area contributed by atoms with Gasteiger partial charge in [-0.1, -0.05) is 17.7 Å². The molecule has 1 aromatic heterocycles. The van der Waals surface area contributed by atoms with Crippen molar-refractivity contribution in [3.05, 3.63) is 71.1 Å². The molecule has 3 rings (SSSR count). The lowest BCUT2D eigenvalue weighted by Crippen LogP contribution is -1.97. The van der Waals surface area contributed by atoms with Crippen LogP contribution in [0, 0.1) is 0 Å². The summed E-state index contributed by atoms with van der Waals surface area (Å²) in [4.78, 5) is 15.6. The molecule has 2 aromatic carbocycles. The third-order valence-electron chi connectivity index (χ3n) is 3.27.